The maximum Gasteiger partial charge on any atom is 0.417 e. The minimum atomic E-state index is -3.73. The van der Waals surface area contributed by atoms with Gasteiger partial charge in [-0.2, -0.15) is 0 Å². The summed E-state index contributed by atoms with van der Waals surface area (Å²) >= 11 is 1.17. The fourth-order valence-corrected chi connectivity index (χ4v) is 3.36. The largest absolute Gasteiger partial charge is 0.417 e. The first kappa shape index (κ1) is 11.9. The highest BCUT2D eigenvalue weighted by atomic mass is 32.2. The van der Waals surface area contributed by atoms with Crippen LogP contribution in [0.1, 0.15) is 0 Å². The Morgan fingerprint density at radius 3 is 2.95 bits per heavy atom. The number of hydrogen-bond donors (Lipinski definition) is 2. The van der Waals surface area contributed by atoms with Gasteiger partial charge in [-0.05, 0) is 18.2 Å². The zero-order valence-corrected chi connectivity index (χ0v) is 10.9. The first-order valence-corrected chi connectivity index (χ1v) is 7.46. The van der Waals surface area contributed by atoms with Crippen LogP contribution in [0.4, 0.5) is 5.13 Å². The van der Waals surface area contributed by atoms with Crippen molar-refractivity contribution in [2.75, 3.05) is 4.72 Å². The topological polar surface area (TPSA) is 105 Å². The predicted octanol–water partition coefficient (Wildman–Crippen LogP) is 1.38. The van der Waals surface area contributed by atoms with Crippen LogP contribution in [0.5, 0.6) is 0 Å². The molecule has 1 aromatic carbocycles. The number of nitrogens with one attached hydrogen (secondary N) is 2. The highest BCUT2D eigenvalue weighted by molar-refractivity contribution is 7.93. The van der Waals surface area contributed by atoms with E-state index in [0.29, 0.717) is 11.1 Å². The summed E-state index contributed by atoms with van der Waals surface area (Å²) in [5, 5.41) is 1.94. The summed E-state index contributed by atoms with van der Waals surface area (Å²) in [5.41, 5.74) is 0.630. The lowest BCUT2D eigenvalue weighted by molar-refractivity contribution is 0.555. The van der Waals surface area contributed by atoms with E-state index < -0.39 is 15.8 Å². The molecule has 9 heteroatoms. The maximum atomic E-state index is 12.1. The minimum absolute atomic E-state index is 0.0206. The minimum Gasteiger partial charge on any atom is -0.408 e. The monoisotopic (exact) mass is 297 g/mol. The standard InChI is InChI=1S/C10H7N3O4S2/c14-10-12-7-5-6(1-2-8(7)17-10)19(15,16)13-9-11-3-4-18-9/h1-5H,(H,11,13)(H,12,14). The summed E-state index contributed by atoms with van der Waals surface area (Å²) in [4.78, 5) is 17.3. The third kappa shape index (κ3) is 2.25. The number of anilines is 1. The lowest BCUT2D eigenvalue weighted by atomic mass is 10.3. The quantitative estimate of drug-likeness (QED) is 0.759. The Morgan fingerprint density at radius 1 is 1.37 bits per heavy atom. The molecule has 0 radical (unpaired) electrons. The molecule has 19 heavy (non-hydrogen) atoms. The Hall–Kier alpha value is -2.13. The Kier molecular flexibility index (Phi) is 2.64. The van der Waals surface area contributed by atoms with E-state index in [1.807, 2.05) is 0 Å². The molecule has 0 atom stereocenters. The number of hydrogen-bond acceptors (Lipinski definition) is 6. The van der Waals surface area contributed by atoms with Crippen LogP contribution in [0.15, 0.2) is 43.9 Å². The number of aromatic nitrogens is 2. The summed E-state index contributed by atoms with van der Waals surface area (Å²) in [5.74, 6) is -0.627. The number of benzene rings is 1. The van der Waals surface area contributed by atoms with Gasteiger partial charge in [0, 0.05) is 11.6 Å². The van der Waals surface area contributed by atoms with Crippen LogP contribution in [-0.2, 0) is 10.0 Å². The number of oxazole rings is 1. The number of sulfonamides is 1. The van der Waals surface area contributed by atoms with Crippen LogP contribution in [-0.4, -0.2) is 18.4 Å². The molecule has 0 amide bonds. The lowest BCUT2D eigenvalue weighted by Crippen LogP contribution is -2.12. The summed E-state index contributed by atoms with van der Waals surface area (Å²) in [6, 6.07) is 4.11. The maximum absolute atomic E-state index is 12.1. The van der Waals surface area contributed by atoms with Gasteiger partial charge in [0.15, 0.2) is 10.7 Å². The van der Waals surface area contributed by atoms with Crippen molar-refractivity contribution in [3.8, 4) is 0 Å². The van der Waals surface area contributed by atoms with Crippen LogP contribution in [0, 0.1) is 0 Å². The normalized spacial score (nSPS) is 11.8. The molecular formula is C10H7N3O4S2. The Morgan fingerprint density at radius 2 is 2.21 bits per heavy atom. The number of aromatic amines is 1. The Bertz CT molecular complexity index is 877. The molecule has 0 fully saturated rings. The molecule has 0 saturated heterocycles. The van der Waals surface area contributed by atoms with E-state index in [-0.39, 0.29) is 10.0 Å². The second-order valence-corrected chi connectivity index (χ2v) is 6.19. The summed E-state index contributed by atoms with van der Waals surface area (Å²) in [7, 11) is -3.73. The second-order valence-electron chi connectivity index (χ2n) is 3.62. The molecule has 3 aromatic rings. The molecule has 0 aliphatic carbocycles. The molecule has 2 heterocycles. The number of H-pyrrole nitrogens is 1. The highest BCUT2D eigenvalue weighted by Gasteiger charge is 2.16. The molecule has 0 unspecified atom stereocenters. The molecule has 0 aliphatic rings. The molecular weight excluding hydrogens is 290 g/mol. The Balaban J connectivity index is 2.05. The molecule has 7 nitrogen and oxygen atoms in total. The van der Waals surface area contributed by atoms with Gasteiger partial charge in [0.2, 0.25) is 0 Å². The highest BCUT2D eigenvalue weighted by Crippen LogP contribution is 2.20. The van der Waals surface area contributed by atoms with Crippen molar-refractivity contribution in [3.05, 3.63) is 40.3 Å². The van der Waals surface area contributed by atoms with Crippen molar-refractivity contribution >= 4 is 37.6 Å². The zero-order chi connectivity index (χ0) is 13.5. The van der Waals surface area contributed by atoms with Crippen molar-refractivity contribution in [2.24, 2.45) is 0 Å². The van der Waals surface area contributed by atoms with Gasteiger partial charge in [0.25, 0.3) is 10.0 Å². The fraction of sp³-hybridized carbons (Fsp3) is 0. The number of rotatable bonds is 3. The van der Waals surface area contributed by atoms with Gasteiger partial charge in [0.1, 0.15) is 0 Å². The zero-order valence-electron chi connectivity index (χ0n) is 9.28. The fourth-order valence-electron chi connectivity index (χ4n) is 1.55. The van der Waals surface area contributed by atoms with Crippen LogP contribution in [0.25, 0.3) is 11.1 Å². The number of nitrogens with zero attached hydrogens (tertiary/aromatic N) is 1. The lowest BCUT2D eigenvalue weighted by Gasteiger charge is -2.04. The molecule has 0 spiro atoms. The Labute approximate surface area is 111 Å². The number of thiazole rings is 1. The molecule has 2 N–H and O–H groups in total. The summed E-state index contributed by atoms with van der Waals surface area (Å²) < 4.78 is 31.3. The number of fused-ring (bicyclic) bond motifs is 1. The molecule has 0 saturated carbocycles. The van der Waals surface area contributed by atoms with Gasteiger partial charge in [0.05, 0.1) is 10.4 Å². The molecule has 3 rings (SSSR count). The smallest absolute Gasteiger partial charge is 0.408 e. The van der Waals surface area contributed by atoms with Crippen molar-refractivity contribution in [1.29, 1.82) is 0 Å². The van der Waals surface area contributed by atoms with Gasteiger partial charge < -0.3 is 4.42 Å². The average molecular weight is 297 g/mol. The van der Waals surface area contributed by atoms with Gasteiger partial charge in [-0.25, -0.2) is 18.2 Å². The summed E-state index contributed by atoms with van der Waals surface area (Å²) in [6.07, 6.45) is 1.50. The van der Waals surface area contributed by atoms with Gasteiger partial charge >= 0.3 is 5.76 Å². The third-order valence-corrected chi connectivity index (χ3v) is 4.51. The van der Waals surface area contributed by atoms with E-state index in [9.17, 15) is 13.2 Å². The van der Waals surface area contributed by atoms with E-state index in [1.54, 1.807) is 5.38 Å². The van der Waals surface area contributed by atoms with E-state index in [0.717, 1.165) is 0 Å². The molecule has 2 aromatic heterocycles. The second kappa shape index (κ2) is 4.21. The van der Waals surface area contributed by atoms with Crippen LogP contribution in [0.2, 0.25) is 0 Å². The van der Waals surface area contributed by atoms with Crippen LogP contribution >= 0.6 is 11.3 Å². The molecule has 0 bridgehead atoms. The molecule has 0 aliphatic heterocycles. The van der Waals surface area contributed by atoms with Crippen LogP contribution in [0.3, 0.4) is 0 Å². The van der Waals surface area contributed by atoms with Crippen molar-refractivity contribution in [1.82, 2.24) is 9.97 Å². The predicted molar refractivity (Wildman–Crippen MR) is 69.8 cm³/mol. The van der Waals surface area contributed by atoms with Crippen LogP contribution < -0.4 is 10.5 Å². The van der Waals surface area contributed by atoms with E-state index in [1.165, 1.54) is 35.7 Å². The third-order valence-electron chi connectivity index (χ3n) is 2.35. The van der Waals surface area contributed by atoms with Gasteiger partial charge in [-0.3, -0.25) is 9.71 Å². The van der Waals surface area contributed by atoms with Gasteiger partial charge in [-0.15, -0.1) is 11.3 Å². The van der Waals surface area contributed by atoms with E-state index in [2.05, 4.69) is 14.7 Å². The SMILES string of the molecule is O=c1[nH]c2cc(S(=O)(=O)Nc3nccs3)ccc2o1. The first-order valence-electron chi connectivity index (χ1n) is 5.10. The van der Waals surface area contributed by atoms with E-state index in [4.69, 9.17) is 4.42 Å². The van der Waals surface area contributed by atoms with Crippen molar-refractivity contribution < 1.29 is 12.8 Å². The van der Waals surface area contributed by atoms with Crippen molar-refractivity contribution in [3.63, 3.8) is 0 Å². The van der Waals surface area contributed by atoms with Crippen molar-refractivity contribution in [2.45, 2.75) is 4.90 Å². The van der Waals surface area contributed by atoms with Gasteiger partial charge in [-0.1, -0.05) is 0 Å². The summed E-state index contributed by atoms with van der Waals surface area (Å²) in [6.45, 7) is 0. The average Bonchev–Trinajstić information content (AvgIpc) is 2.95. The molecule has 98 valence electrons. The van der Waals surface area contributed by atoms with E-state index >= 15 is 0 Å². The first-order chi connectivity index (χ1) is 9.04.